The second-order valence-electron chi connectivity index (χ2n) is 5.04. The average molecular weight is 277 g/mol. The minimum atomic E-state index is -0.108. The lowest BCUT2D eigenvalue weighted by Gasteiger charge is -2.16. The maximum Gasteiger partial charge on any atom is 0.227 e. The molecule has 1 aromatic carbocycles. The molecule has 0 aliphatic carbocycles. The molecular formula is C15H23N3O2. The summed E-state index contributed by atoms with van der Waals surface area (Å²) in [5, 5.41) is 2.87. The van der Waals surface area contributed by atoms with E-state index >= 15 is 0 Å². The lowest BCUT2D eigenvalue weighted by molar-refractivity contribution is -0.128. The molecule has 0 aliphatic heterocycles. The Kier molecular flexibility index (Phi) is 6.18. The van der Waals surface area contributed by atoms with Gasteiger partial charge < -0.3 is 16.0 Å². The Morgan fingerprint density at radius 2 is 2.10 bits per heavy atom. The van der Waals surface area contributed by atoms with Crippen LogP contribution < -0.4 is 11.1 Å². The molecule has 1 unspecified atom stereocenters. The predicted octanol–water partition coefficient (Wildman–Crippen LogP) is 1.59. The Labute approximate surface area is 120 Å². The molecule has 5 heteroatoms. The number of carbonyl (C=O) groups excluding carboxylic acids is 2. The van der Waals surface area contributed by atoms with Crippen LogP contribution in [0.2, 0.25) is 0 Å². The third kappa shape index (κ3) is 5.01. The van der Waals surface area contributed by atoms with Gasteiger partial charge in [-0.1, -0.05) is 19.1 Å². The summed E-state index contributed by atoms with van der Waals surface area (Å²) in [6, 6.07) is 7.52. The van der Waals surface area contributed by atoms with Crippen molar-refractivity contribution in [3.05, 3.63) is 29.8 Å². The standard InChI is InChI=1S/C15H23N3O2/c1-11(7-8-16)15(20)17-14-6-4-5-13(9-14)10-18(3)12(2)19/h4-6,9,11H,7-8,10,16H2,1-3H3,(H,17,20). The number of carbonyl (C=O) groups is 2. The molecule has 1 rings (SSSR count). The van der Waals surface area contributed by atoms with Crippen molar-refractivity contribution >= 4 is 17.5 Å². The minimum Gasteiger partial charge on any atom is -0.342 e. The molecule has 0 saturated carbocycles. The van der Waals surface area contributed by atoms with E-state index in [9.17, 15) is 9.59 Å². The van der Waals surface area contributed by atoms with Gasteiger partial charge in [-0.25, -0.2) is 0 Å². The number of hydrogen-bond acceptors (Lipinski definition) is 3. The zero-order valence-electron chi connectivity index (χ0n) is 12.3. The van der Waals surface area contributed by atoms with E-state index in [1.54, 1.807) is 11.9 Å². The second kappa shape index (κ2) is 7.65. The summed E-state index contributed by atoms with van der Waals surface area (Å²) in [6.07, 6.45) is 0.665. The Morgan fingerprint density at radius 1 is 1.40 bits per heavy atom. The van der Waals surface area contributed by atoms with E-state index < -0.39 is 0 Å². The fourth-order valence-corrected chi connectivity index (χ4v) is 1.78. The normalized spacial score (nSPS) is 11.8. The van der Waals surface area contributed by atoms with E-state index in [1.165, 1.54) is 6.92 Å². The van der Waals surface area contributed by atoms with Crippen LogP contribution in [0.1, 0.15) is 25.8 Å². The van der Waals surface area contributed by atoms with Crippen LogP contribution >= 0.6 is 0 Å². The average Bonchev–Trinajstić information content (AvgIpc) is 2.39. The van der Waals surface area contributed by atoms with Crippen LogP contribution in [-0.2, 0) is 16.1 Å². The van der Waals surface area contributed by atoms with Crippen molar-refractivity contribution in [2.24, 2.45) is 11.7 Å². The van der Waals surface area contributed by atoms with Crippen LogP contribution in [0.4, 0.5) is 5.69 Å². The number of nitrogens with one attached hydrogen (secondary N) is 1. The van der Waals surface area contributed by atoms with E-state index in [0.29, 0.717) is 19.5 Å². The van der Waals surface area contributed by atoms with Crippen LogP contribution in [0.3, 0.4) is 0 Å². The van der Waals surface area contributed by atoms with Gasteiger partial charge in [0.15, 0.2) is 0 Å². The van der Waals surface area contributed by atoms with Crippen molar-refractivity contribution in [2.45, 2.75) is 26.8 Å². The van der Waals surface area contributed by atoms with Crippen LogP contribution in [0.15, 0.2) is 24.3 Å². The molecule has 110 valence electrons. The molecule has 0 aliphatic rings. The largest absolute Gasteiger partial charge is 0.342 e. The number of anilines is 1. The molecule has 0 fully saturated rings. The van der Waals surface area contributed by atoms with E-state index in [2.05, 4.69) is 5.32 Å². The summed E-state index contributed by atoms with van der Waals surface area (Å²) < 4.78 is 0. The lowest BCUT2D eigenvalue weighted by atomic mass is 10.1. The van der Waals surface area contributed by atoms with E-state index in [-0.39, 0.29) is 17.7 Å². The number of amides is 2. The number of nitrogens with zero attached hydrogens (tertiary/aromatic N) is 1. The van der Waals surface area contributed by atoms with Crippen molar-refractivity contribution in [3.63, 3.8) is 0 Å². The molecule has 0 bridgehead atoms. The maximum absolute atomic E-state index is 11.9. The zero-order chi connectivity index (χ0) is 15.1. The molecule has 20 heavy (non-hydrogen) atoms. The number of hydrogen-bond donors (Lipinski definition) is 2. The van der Waals surface area contributed by atoms with Crippen LogP contribution in [0, 0.1) is 5.92 Å². The Morgan fingerprint density at radius 3 is 2.70 bits per heavy atom. The Balaban J connectivity index is 2.68. The van der Waals surface area contributed by atoms with E-state index in [4.69, 9.17) is 5.73 Å². The first-order valence-corrected chi connectivity index (χ1v) is 6.75. The van der Waals surface area contributed by atoms with E-state index in [1.807, 2.05) is 31.2 Å². The molecule has 0 heterocycles. The van der Waals surface area contributed by atoms with Crippen LogP contribution in [0.5, 0.6) is 0 Å². The first kappa shape index (κ1) is 16.2. The van der Waals surface area contributed by atoms with Crippen molar-refractivity contribution in [1.82, 2.24) is 4.90 Å². The zero-order valence-corrected chi connectivity index (χ0v) is 12.3. The Hall–Kier alpha value is -1.88. The molecule has 3 N–H and O–H groups in total. The molecule has 0 spiro atoms. The van der Waals surface area contributed by atoms with Crippen molar-refractivity contribution in [3.8, 4) is 0 Å². The maximum atomic E-state index is 11.9. The highest BCUT2D eigenvalue weighted by molar-refractivity contribution is 5.92. The topological polar surface area (TPSA) is 75.4 Å². The van der Waals surface area contributed by atoms with Crippen LogP contribution in [-0.4, -0.2) is 30.3 Å². The monoisotopic (exact) mass is 277 g/mol. The molecule has 0 aromatic heterocycles. The molecule has 0 radical (unpaired) electrons. The van der Waals surface area contributed by atoms with Gasteiger partial charge >= 0.3 is 0 Å². The number of nitrogens with two attached hydrogens (primary N) is 1. The van der Waals surface area contributed by atoms with Gasteiger partial charge in [0.25, 0.3) is 0 Å². The third-order valence-corrected chi connectivity index (χ3v) is 3.20. The highest BCUT2D eigenvalue weighted by atomic mass is 16.2. The van der Waals surface area contributed by atoms with Gasteiger partial charge in [-0.05, 0) is 30.7 Å². The Bertz CT molecular complexity index is 474. The number of rotatable bonds is 6. The fourth-order valence-electron chi connectivity index (χ4n) is 1.78. The summed E-state index contributed by atoms with van der Waals surface area (Å²) in [6.45, 7) is 4.41. The molecular weight excluding hydrogens is 254 g/mol. The smallest absolute Gasteiger partial charge is 0.227 e. The summed E-state index contributed by atoms with van der Waals surface area (Å²) in [7, 11) is 1.75. The SMILES string of the molecule is CC(=O)N(C)Cc1cccc(NC(=O)C(C)CCN)c1. The molecule has 0 saturated heterocycles. The van der Waals surface area contributed by atoms with Gasteiger partial charge in [0.2, 0.25) is 11.8 Å². The van der Waals surface area contributed by atoms with Gasteiger partial charge in [0, 0.05) is 32.1 Å². The summed E-state index contributed by atoms with van der Waals surface area (Å²) in [5.74, 6) is -0.132. The lowest BCUT2D eigenvalue weighted by Crippen LogP contribution is -2.24. The third-order valence-electron chi connectivity index (χ3n) is 3.20. The second-order valence-corrected chi connectivity index (χ2v) is 5.04. The molecule has 5 nitrogen and oxygen atoms in total. The minimum absolute atomic E-state index is 0.0102. The van der Waals surface area contributed by atoms with Gasteiger partial charge in [-0.2, -0.15) is 0 Å². The van der Waals surface area contributed by atoms with Crippen molar-refractivity contribution in [2.75, 3.05) is 18.9 Å². The molecule has 2 amide bonds. The van der Waals surface area contributed by atoms with Gasteiger partial charge in [-0.15, -0.1) is 0 Å². The predicted molar refractivity (Wildman–Crippen MR) is 80.1 cm³/mol. The highest BCUT2D eigenvalue weighted by Gasteiger charge is 2.12. The van der Waals surface area contributed by atoms with Crippen LogP contribution in [0.25, 0.3) is 0 Å². The summed E-state index contributed by atoms with van der Waals surface area (Å²) >= 11 is 0. The van der Waals surface area contributed by atoms with E-state index in [0.717, 1.165) is 11.3 Å². The summed E-state index contributed by atoms with van der Waals surface area (Å²) in [5.41, 5.74) is 7.17. The highest BCUT2D eigenvalue weighted by Crippen LogP contribution is 2.14. The first-order chi connectivity index (χ1) is 9.43. The van der Waals surface area contributed by atoms with Gasteiger partial charge in [0.05, 0.1) is 0 Å². The number of benzene rings is 1. The molecule has 1 aromatic rings. The summed E-state index contributed by atoms with van der Waals surface area (Å²) in [4.78, 5) is 24.8. The van der Waals surface area contributed by atoms with Gasteiger partial charge in [-0.3, -0.25) is 9.59 Å². The first-order valence-electron chi connectivity index (χ1n) is 6.75. The van der Waals surface area contributed by atoms with Crippen molar-refractivity contribution in [1.29, 1.82) is 0 Å². The van der Waals surface area contributed by atoms with Gasteiger partial charge in [0.1, 0.15) is 0 Å². The fraction of sp³-hybridized carbons (Fsp3) is 0.467. The molecule has 1 atom stereocenters. The van der Waals surface area contributed by atoms with Crippen molar-refractivity contribution < 1.29 is 9.59 Å². The quantitative estimate of drug-likeness (QED) is 0.829.